The SMILES string of the molecule is CCOC(=O)C(C)C1CCc2cc(-c3ccc(N)cc3)ccc2C1=O. The van der Waals surface area contributed by atoms with E-state index in [2.05, 4.69) is 6.07 Å². The van der Waals surface area contributed by atoms with E-state index in [1.807, 2.05) is 36.4 Å². The number of ketones is 1. The van der Waals surface area contributed by atoms with Gasteiger partial charge in [-0.3, -0.25) is 9.59 Å². The summed E-state index contributed by atoms with van der Waals surface area (Å²) in [5.41, 5.74) is 10.4. The Bertz CT molecular complexity index is 795. The van der Waals surface area contributed by atoms with E-state index in [0.29, 0.717) is 13.0 Å². The molecule has 0 spiro atoms. The number of rotatable bonds is 4. The number of carbonyl (C=O) groups excluding carboxylic acids is 2. The van der Waals surface area contributed by atoms with E-state index >= 15 is 0 Å². The Hall–Kier alpha value is -2.62. The molecule has 2 unspecified atom stereocenters. The minimum Gasteiger partial charge on any atom is -0.466 e. The molecule has 0 aromatic heterocycles. The minimum atomic E-state index is -0.405. The van der Waals surface area contributed by atoms with Gasteiger partial charge in [0.25, 0.3) is 0 Å². The number of fused-ring (bicyclic) bond motifs is 1. The lowest BCUT2D eigenvalue weighted by atomic mass is 9.76. The maximum absolute atomic E-state index is 12.8. The van der Waals surface area contributed by atoms with Crippen molar-refractivity contribution in [1.82, 2.24) is 0 Å². The van der Waals surface area contributed by atoms with Gasteiger partial charge in [-0.1, -0.05) is 37.3 Å². The van der Waals surface area contributed by atoms with Crippen LogP contribution in [0.5, 0.6) is 0 Å². The summed E-state index contributed by atoms with van der Waals surface area (Å²) in [6.07, 6.45) is 1.47. The number of hydrogen-bond donors (Lipinski definition) is 1. The molecule has 0 saturated heterocycles. The molecule has 2 N–H and O–H groups in total. The summed E-state index contributed by atoms with van der Waals surface area (Å²) in [5.74, 6) is -0.945. The molecular formula is C21H23NO3. The first kappa shape index (κ1) is 17.2. The van der Waals surface area contributed by atoms with Gasteiger partial charge in [-0.05, 0) is 48.6 Å². The summed E-state index contributed by atoms with van der Waals surface area (Å²) in [6.45, 7) is 3.90. The van der Waals surface area contributed by atoms with Crippen LogP contribution < -0.4 is 5.73 Å². The molecule has 0 radical (unpaired) electrons. The number of aryl methyl sites for hydroxylation is 1. The zero-order chi connectivity index (χ0) is 18.0. The van der Waals surface area contributed by atoms with E-state index in [9.17, 15) is 9.59 Å². The number of carbonyl (C=O) groups is 2. The third kappa shape index (κ3) is 3.43. The summed E-state index contributed by atoms with van der Waals surface area (Å²) in [6, 6.07) is 13.6. The molecule has 2 aromatic rings. The Balaban J connectivity index is 1.85. The van der Waals surface area contributed by atoms with Crippen molar-refractivity contribution in [3.05, 3.63) is 53.6 Å². The van der Waals surface area contributed by atoms with Crippen LogP contribution in [0, 0.1) is 11.8 Å². The summed E-state index contributed by atoms with van der Waals surface area (Å²) in [7, 11) is 0. The first-order valence-corrected chi connectivity index (χ1v) is 8.71. The number of ether oxygens (including phenoxy) is 1. The second kappa shape index (κ2) is 7.09. The number of hydrogen-bond acceptors (Lipinski definition) is 4. The molecule has 4 heteroatoms. The van der Waals surface area contributed by atoms with E-state index < -0.39 is 5.92 Å². The molecule has 0 aliphatic heterocycles. The highest BCUT2D eigenvalue weighted by Gasteiger charge is 2.35. The number of anilines is 1. The highest BCUT2D eigenvalue weighted by molar-refractivity contribution is 6.02. The van der Waals surface area contributed by atoms with E-state index in [4.69, 9.17) is 10.5 Å². The second-order valence-electron chi connectivity index (χ2n) is 6.54. The Morgan fingerprint density at radius 2 is 1.88 bits per heavy atom. The Labute approximate surface area is 148 Å². The molecule has 2 aromatic carbocycles. The largest absolute Gasteiger partial charge is 0.466 e. The molecule has 1 aliphatic carbocycles. The second-order valence-corrected chi connectivity index (χ2v) is 6.54. The zero-order valence-electron chi connectivity index (χ0n) is 14.6. The van der Waals surface area contributed by atoms with Gasteiger partial charge in [-0.25, -0.2) is 0 Å². The zero-order valence-corrected chi connectivity index (χ0v) is 14.6. The van der Waals surface area contributed by atoms with Crippen molar-refractivity contribution < 1.29 is 14.3 Å². The van der Waals surface area contributed by atoms with Crippen molar-refractivity contribution in [3.63, 3.8) is 0 Å². The van der Waals surface area contributed by atoms with Crippen LogP contribution in [0.25, 0.3) is 11.1 Å². The van der Waals surface area contributed by atoms with Crippen molar-refractivity contribution in [2.24, 2.45) is 11.8 Å². The van der Waals surface area contributed by atoms with Crippen LogP contribution in [0.15, 0.2) is 42.5 Å². The molecule has 4 nitrogen and oxygen atoms in total. The van der Waals surface area contributed by atoms with Gasteiger partial charge in [0.2, 0.25) is 0 Å². The van der Waals surface area contributed by atoms with Crippen LogP contribution in [0.1, 0.15) is 36.2 Å². The van der Waals surface area contributed by atoms with Crippen LogP contribution in [-0.2, 0) is 16.0 Å². The highest BCUT2D eigenvalue weighted by atomic mass is 16.5. The Morgan fingerprint density at radius 1 is 1.20 bits per heavy atom. The third-order valence-electron chi connectivity index (χ3n) is 4.94. The maximum Gasteiger partial charge on any atom is 0.309 e. The molecule has 0 saturated carbocycles. The van der Waals surface area contributed by atoms with E-state index in [-0.39, 0.29) is 17.7 Å². The number of esters is 1. The molecule has 0 heterocycles. The van der Waals surface area contributed by atoms with Gasteiger partial charge in [0.15, 0.2) is 5.78 Å². The fraction of sp³-hybridized carbons (Fsp3) is 0.333. The average Bonchev–Trinajstić information content (AvgIpc) is 2.62. The van der Waals surface area contributed by atoms with Crippen LogP contribution in [0.2, 0.25) is 0 Å². The topological polar surface area (TPSA) is 69.4 Å². The first-order chi connectivity index (χ1) is 12.0. The molecule has 0 bridgehead atoms. The van der Waals surface area contributed by atoms with Crippen molar-refractivity contribution in [2.45, 2.75) is 26.7 Å². The monoisotopic (exact) mass is 337 g/mol. The lowest BCUT2D eigenvalue weighted by molar-refractivity contribution is -0.148. The highest BCUT2D eigenvalue weighted by Crippen LogP contribution is 2.33. The van der Waals surface area contributed by atoms with Crippen molar-refractivity contribution in [3.8, 4) is 11.1 Å². The summed E-state index contributed by atoms with van der Waals surface area (Å²) < 4.78 is 5.08. The summed E-state index contributed by atoms with van der Waals surface area (Å²) >= 11 is 0. The molecule has 2 atom stereocenters. The molecular weight excluding hydrogens is 314 g/mol. The maximum atomic E-state index is 12.8. The van der Waals surface area contributed by atoms with Gasteiger partial charge in [-0.2, -0.15) is 0 Å². The number of nitrogen functional groups attached to an aromatic ring is 1. The first-order valence-electron chi connectivity index (χ1n) is 8.71. The molecule has 0 amide bonds. The fourth-order valence-electron chi connectivity index (χ4n) is 3.45. The minimum absolute atomic E-state index is 0.0469. The number of nitrogens with two attached hydrogens (primary N) is 1. The van der Waals surface area contributed by atoms with Gasteiger partial charge >= 0.3 is 5.97 Å². The predicted molar refractivity (Wildman–Crippen MR) is 98.2 cm³/mol. The van der Waals surface area contributed by atoms with Gasteiger partial charge < -0.3 is 10.5 Å². The quantitative estimate of drug-likeness (QED) is 0.679. The fourth-order valence-corrected chi connectivity index (χ4v) is 3.45. The summed E-state index contributed by atoms with van der Waals surface area (Å²) in [4.78, 5) is 24.8. The van der Waals surface area contributed by atoms with Crippen molar-refractivity contribution in [1.29, 1.82) is 0 Å². The van der Waals surface area contributed by atoms with Gasteiger partial charge in [0.1, 0.15) is 0 Å². The molecule has 25 heavy (non-hydrogen) atoms. The smallest absolute Gasteiger partial charge is 0.309 e. The Morgan fingerprint density at radius 3 is 2.56 bits per heavy atom. The van der Waals surface area contributed by atoms with E-state index in [1.54, 1.807) is 13.8 Å². The van der Waals surface area contributed by atoms with Crippen LogP contribution in [0.3, 0.4) is 0 Å². The van der Waals surface area contributed by atoms with Crippen LogP contribution >= 0.6 is 0 Å². The molecule has 130 valence electrons. The normalized spacial score (nSPS) is 17.7. The standard InChI is InChI=1S/C21H23NO3/c1-3-25-21(24)13(2)18-10-7-16-12-15(6-11-19(16)20(18)23)14-4-8-17(22)9-5-14/h4-6,8-9,11-13,18H,3,7,10,22H2,1-2H3. The lowest BCUT2D eigenvalue weighted by Gasteiger charge is -2.27. The van der Waals surface area contributed by atoms with Gasteiger partial charge in [0, 0.05) is 17.2 Å². The third-order valence-corrected chi connectivity index (χ3v) is 4.94. The summed E-state index contributed by atoms with van der Waals surface area (Å²) in [5, 5.41) is 0. The van der Waals surface area contributed by atoms with Gasteiger partial charge in [-0.15, -0.1) is 0 Å². The predicted octanol–water partition coefficient (Wildman–Crippen LogP) is 3.88. The van der Waals surface area contributed by atoms with Gasteiger partial charge in [0.05, 0.1) is 12.5 Å². The van der Waals surface area contributed by atoms with Crippen molar-refractivity contribution in [2.75, 3.05) is 12.3 Å². The molecule has 0 fully saturated rings. The van der Waals surface area contributed by atoms with E-state index in [0.717, 1.165) is 34.4 Å². The Kier molecular flexibility index (Phi) is 4.88. The van der Waals surface area contributed by atoms with Crippen LogP contribution in [0.4, 0.5) is 5.69 Å². The number of Topliss-reactive ketones (excluding diaryl/α,β-unsaturated/α-hetero) is 1. The molecule has 3 rings (SSSR count). The van der Waals surface area contributed by atoms with Crippen molar-refractivity contribution >= 4 is 17.4 Å². The van der Waals surface area contributed by atoms with Crippen LogP contribution in [-0.4, -0.2) is 18.4 Å². The lowest BCUT2D eigenvalue weighted by Crippen LogP contribution is -2.33. The molecule has 1 aliphatic rings. The number of benzene rings is 2. The van der Waals surface area contributed by atoms with E-state index in [1.165, 1.54) is 0 Å². The average molecular weight is 337 g/mol.